The minimum Gasteiger partial charge on any atom is -0.507 e. The second kappa shape index (κ2) is 8.17. The van der Waals surface area contributed by atoms with Crippen LogP contribution in [0.15, 0.2) is 30.5 Å². The maximum absolute atomic E-state index is 11.1. The van der Waals surface area contributed by atoms with Crippen LogP contribution in [0.5, 0.6) is 17.4 Å². The zero-order valence-electron chi connectivity index (χ0n) is 18.5. The molecule has 7 nitrogen and oxygen atoms in total. The predicted octanol–water partition coefficient (Wildman–Crippen LogP) is 3.64. The molecule has 0 saturated carbocycles. The highest BCUT2D eigenvalue weighted by Crippen LogP contribution is 2.42. The minimum absolute atomic E-state index is 0.0700. The SMILES string of the molecule is CN(C)CCc1c[nH]c2ccc(-c3cc(O)c4c(CCN(C)C)c(O)[nH]c4c3)c(O)c12. The Morgan fingerprint density at radius 2 is 1.55 bits per heavy atom. The van der Waals surface area contributed by atoms with Gasteiger partial charge in [0.2, 0.25) is 0 Å². The first-order chi connectivity index (χ1) is 14.8. The number of hydrogen-bond donors (Lipinski definition) is 5. The predicted molar refractivity (Wildman–Crippen MR) is 125 cm³/mol. The lowest BCUT2D eigenvalue weighted by atomic mass is 9.98. The van der Waals surface area contributed by atoms with Crippen LogP contribution in [0.2, 0.25) is 0 Å². The Kier molecular flexibility index (Phi) is 5.56. The van der Waals surface area contributed by atoms with Gasteiger partial charge in [0, 0.05) is 46.7 Å². The van der Waals surface area contributed by atoms with Gasteiger partial charge in [0.15, 0.2) is 5.88 Å². The molecular weight excluding hydrogens is 392 g/mol. The van der Waals surface area contributed by atoms with E-state index in [0.717, 1.165) is 36.0 Å². The van der Waals surface area contributed by atoms with Gasteiger partial charge >= 0.3 is 0 Å². The van der Waals surface area contributed by atoms with E-state index in [0.29, 0.717) is 34.0 Å². The molecule has 7 heteroatoms. The number of rotatable bonds is 7. The maximum atomic E-state index is 11.1. The molecule has 31 heavy (non-hydrogen) atoms. The molecule has 0 unspecified atom stereocenters. The van der Waals surface area contributed by atoms with Crippen molar-refractivity contribution in [3.05, 3.63) is 41.6 Å². The van der Waals surface area contributed by atoms with Crippen LogP contribution in [0.4, 0.5) is 0 Å². The van der Waals surface area contributed by atoms with Crippen LogP contribution in [-0.4, -0.2) is 76.4 Å². The van der Waals surface area contributed by atoms with E-state index < -0.39 is 0 Å². The summed E-state index contributed by atoms with van der Waals surface area (Å²) in [5, 5.41) is 33.8. The summed E-state index contributed by atoms with van der Waals surface area (Å²) in [6.07, 6.45) is 3.37. The number of likely N-dealkylation sites (N-methyl/N-ethyl adjacent to an activating group) is 2. The molecule has 0 spiro atoms. The number of aromatic hydroxyl groups is 3. The first kappa shape index (κ1) is 21.1. The molecule has 4 rings (SSSR count). The summed E-state index contributed by atoms with van der Waals surface area (Å²) in [6, 6.07) is 7.31. The molecular formula is C24H30N4O3. The van der Waals surface area contributed by atoms with E-state index in [1.54, 1.807) is 6.07 Å². The van der Waals surface area contributed by atoms with Gasteiger partial charge in [0.05, 0.1) is 5.52 Å². The van der Waals surface area contributed by atoms with E-state index in [2.05, 4.69) is 14.9 Å². The number of hydrogen-bond acceptors (Lipinski definition) is 5. The lowest BCUT2D eigenvalue weighted by molar-refractivity contribution is 0.404. The fourth-order valence-electron chi connectivity index (χ4n) is 4.15. The first-order valence-corrected chi connectivity index (χ1v) is 10.4. The van der Waals surface area contributed by atoms with Gasteiger partial charge in [-0.3, -0.25) is 0 Å². The van der Waals surface area contributed by atoms with Crippen molar-refractivity contribution in [2.75, 3.05) is 41.3 Å². The van der Waals surface area contributed by atoms with E-state index in [-0.39, 0.29) is 17.4 Å². The van der Waals surface area contributed by atoms with Gasteiger partial charge in [0.25, 0.3) is 0 Å². The van der Waals surface area contributed by atoms with Crippen LogP contribution in [0, 0.1) is 0 Å². The molecule has 0 aliphatic heterocycles. The van der Waals surface area contributed by atoms with E-state index in [1.807, 2.05) is 57.5 Å². The Bertz CT molecular complexity index is 1240. The number of phenolic OH excluding ortho intramolecular Hbond substituents is 2. The normalized spacial score (nSPS) is 12.1. The summed E-state index contributed by atoms with van der Waals surface area (Å²) in [7, 11) is 7.99. The zero-order chi connectivity index (χ0) is 22.3. The van der Waals surface area contributed by atoms with Crippen molar-refractivity contribution in [3.8, 4) is 28.5 Å². The Morgan fingerprint density at radius 1 is 0.839 bits per heavy atom. The Morgan fingerprint density at radius 3 is 2.26 bits per heavy atom. The Labute approximate surface area is 181 Å². The molecule has 2 heterocycles. The lowest BCUT2D eigenvalue weighted by Crippen LogP contribution is -2.14. The third-order valence-electron chi connectivity index (χ3n) is 5.81. The van der Waals surface area contributed by atoms with Gasteiger partial charge < -0.3 is 35.1 Å². The monoisotopic (exact) mass is 422 g/mol. The van der Waals surface area contributed by atoms with E-state index in [9.17, 15) is 15.3 Å². The maximum Gasteiger partial charge on any atom is 0.192 e. The average Bonchev–Trinajstić information content (AvgIpc) is 3.25. The lowest BCUT2D eigenvalue weighted by Gasteiger charge is -2.12. The molecule has 0 aliphatic rings. The van der Waals surface area contributed by atoms with Gasteiger partial charge in [-0.05, 0) is 76.4 Å². The van der Waals surface area contributed by atoms with Crippen molar-refractivity contribution in [2.45, 2.75) is 12.8 Å². The topological polar surface area (TPSA) is 98.8 Å². The summed E-state index contributed by atoms with van der Waals surface area (Å²) in [5.74, 6) is 0.342. The molecule has 0 radical (unpaired) electrons. The number of fused-ring (bicyclic) bond motifs is 2. The van der Waals surface area contributed by atoms with Crippen LogP contribution < -0.4 is 0 Å². The number of nitrogens with zero attached hydrogens (tertiary/aromatic N) is 2. The highest BCUT2D eigenvalue weighted by molar-refractivity contribution is 5.99. The average molecular weight is 423 g/mol. The second-order valence-corrected chi connectivity index (χ2v) is 8.67. The number of H-pyrrole nitrogens is 2. The molecule has 4 aromatic rings. The van der Waals surface area contributed by atoms with E-state index >= 15 is 0 Å². The third-order valence-corrected chi connectivity index (χ3v) is 5.81. The van der Waals surface area contributed by atoms with Crippen LogP contribution >= 0.6 is 0 Å². The highest BCUT2D eigenvalue weighted by atomic mass is 16.3. The van der Waals surface area contributed by atoms with Crippen molar-refractivity contribution in [2.24, 2.45) is 0 Å². The third kappa shape index (κ3) is 3.94. The zero-order valence-corrected chi connectivity index (χ0v) is 18.5. The van der Waals surface area contributed by atoms with Crippen molar-refractivity contribution in [1.29, 1.82) is 0 Å². The molecule has 2 aromatic carbocycles. The van der Waals surface area contributed by atoms with Crippen molar-refractivity contribution >= 4 is 21.8 Å². The van der Waals surface area contributed by atoms with Crippen LogP contribution in [0.1, 0.15) is 11.1 Å². The van der Waals surface area contributed by atoms with Gasteiger partial charge in [-0.2, -0.15) is 0 Å². The largest absolute Gasteiger partial charge is 0.507 e. The summed E-state index contributed by atoms with van der Waals surface area (Å²) in [4.78, 5) is 10.4. The molecule has 0 aliphatic carbocycles. The summed E-state index contributed by atoms with van der Waals surface area (Å²) >= 11 is 0. The Balaban J connectivity index is 1.80. The quantitative estimate of drug-likeness (QED) is 0.313. The minimum atomic E-state index is 0.0700. The molecule has 164 valence electrons. The summed E-state index contributed by atoms with van der Waals surface area (Å²) in [5.41, 5.74) is 4.59. The molecule has 0 amide bonds. The number of benzene rings is 2. The molecule has 0 fully saturated rings. The molecule has 5 N–H and O–H groups in total. The number of phenols is 2. The molecule has 0 saturated heterocycles. The molecule has 0 atom stereocenters. The standard InChI is InChI=1S/C24H30N4O3/c1-27(2)9-7-14-13-25-18-6-5-16(23(30)21(14)18)15-11-19-22(20(29)12-15)17(24(31)26-19)8-10-28(3)4/h5-6,11-13,25-26,29-31H,7-10H2,1-4H3. The second-order valence-electron chi connectivity index (χ2n) is 8.67. The fraction of sp³-hybridized carbons (Fsp3) is 0.333. The highest BCUT2D eigenvalue weighted by Gasteiger charge is 2.19. The van der Waals surface area contributed by atoms with E-state index in [1.165, 1.54) is 0 Å². The summed E-state index contributed by atoms with van der Waals surface area (Å²) in [6.45, 7) is 1.63. The van der Waals surface area contributed by atoms with Gasteiger partial charge in [-0.25, -0.2) is 0 Å². The van der Waals surface area contributed by atoms with E-state index in [4.69, 9.17) is 0 Å². The van der Waals surface area contributed by atoms with Gasteiger partial charge in [0.1, 0.15) is 11.5 Å². The van der Waals surface area contributed by atoms with Crippen LogP contribution in [0.25, 0.3) is 32.9 Å². The fourth-order valence-corrected chi connectivity index (χ4v) is 4.15. The smallest absolute Gasteiger partial charge is 0.192 e. The van der Waals surface area contributed by atoms with Crippen LogP contribution in [0.3, 0.4) is 0 Å². The number of nitrogens with one attached hydrogen (secondary N) is 2. The first-order valence-electron chi connectivity index (χ1n) is 10.4. The van der Waals surface area contributed by atoms with Gasteiger partial charge in [-0.1, -0.05) is 0 Å². The van der Waals surface area contributed by atoms with Crippen molar-refractivity contribution < 1.29 is 15.3 Å². The van der Waals surface area contributed by atoms with Crippen molar-refractivity contribution in [1.82, 2.24) is 19.8 Å². The van der Waals surface area contributed by atoms with Gasteiger partial charge in [-0.15, -0.1) is 0 Å². The number of aromatic nitrogens is 2. The molecule has 0 bridgehead atoms. The van der Waals surface area contributed by atoms with Crippen LogP contribution in [-0.2, 0) is 12.8 Å². The molecule has 2 aromatic heterocycles. The van der Waals surface area contributed by atoms with Crippen molar-refractivity contribution in [3.63, 3.8) is 0 Å². The summed E-state index contributed by atoms with van der Waals surface area (Å²) < 4.78 is 0. The number of aromatic amines is 2. The Hall–Kier alpha value is -3.16.